The smallest absolute Gasteiger partial charge is 0.264 e. The summed E-state index contributed by atoms with van der Waals surface area (Å²) >= 11 is 0. The number of hydrogen-bond donors (Lipinski definition) is 1. The van der Waals surface area contributed by atoms with Gasteiger partial charge in [0.1, 0.15) is 0 Å². The number of rotatable bonds is 8. The first kappa shape index (κ1) is 14.9. The first-order valence-electron chi connectivity index (χ1n) is 5.52. The van der Waals surface area contributed by atoms with Crippen LogP contribution in [0, 0.1) is 5.92 Å². The van der Waals surface area contributed by atoms with Crippen molar-refractivity contribution in [2.75, 3.05) is 0 Å². The number of hydrogen-bond acceptors (Lipinski definition) is 3. The lowest BCUT2D eigenvalue weighted by Crippen LogP contribution is -2.21. The van der Waals surface area contributed by atoms with Crippen LogP contribution in [-0.2, 0) is 14.6 Å². The Kier molecular flexibility index (Phi) is 7.13. The van der Waals surface area contributed by atoms with Crippen molar-refractivity contribution in [1.82, 2.24) is 0 Å². The first-order valence-corrected chi connectivity index (χ1v) is 6.89. The monoisotopic (exact) mass is 238 g/mol. The highest BCUT2D eigenvalue weighted by Gasteiger charge is 2.18. The van der Waals surface area contributed by atoms with E-state index in [9.17, 15) is 8.42 Å². The van der Waals surface area contributed by atoms with Crippen LogP contribution in [0.25, 0.3) is 0 Å². The zero-order valence-electron chi connectivity index (χ0n) is 9.77. The molecule has 0 bridgehead atoms. The fourth-order valence-electron chi connectivity index (χ4n) is 1.41. The third kappa shape index (κ3) is 8.84. The standard InChI is InChI=1S/C10H22O4S/c1-4-5-6-7-8-9(2)10(3)14-15(11,12)13/h9-10H,4-8H2,1-3H3,(H,11,12,13). The summed E-state index contributed by atoms with van der Waals surface area (Å²) in [5.74, 6) is 0.142. The van der Waals surface area contributed by atoms with E-state index in [1.165, 1.54) is 19.3 Å². The molecule has 0 amide bonds. The van der Waals surface area contributed by atoms with E-state index in [1.54, 1.807) is 6.92 Å². The van der Waals surface area contributed by atoms with Crippen LogP contribution >= 0.6 is 0 Å². The summed E-state index contributed by atoms with van der Waals surface area (Å²) in [5.41, 5.74) is 0. The third-order valence-corrected chi connectivity index (χ3v) is 3.13. The zero-order chi connectivity index (χ0) is 11.9. The van der Waals surface area contributed by atoms with Crippen LogP contribution in [0.15, 0.2) is 0 Å². The lowest BCUT2D eigenvalue weighted by Gasteiger charge is -2.17. The summed E-state index contributed by atoms with van der Waals surface area (Å²) in [4.78, 5) is 0. The van der Waals surface area contributed by atoms with Gasteiger partial charge in [-0.05, 0) is 19.3 Å². The van der Waals surface area contributed by atoms with Gasteiger partial charge in [-0.15, -0.1) is 0 Å². The molecule has 2 atom stereocenters. The molecule has 0 saturated carbocycles. The van der Waals surface area contributed by atoms with Crippen molar-refractivity contribution in [2.45, 2.75) is 59.0 Å². The Morgan fingerprint density at radius 3 is 2.27 bits per heavy atom. The average Bonchev–Trinajstić information content (AvgIpc) is 2.09. The fourth-order valence-corrected chi connectivity index (χ4v) is 1.99. The van der Waals surface area contributed by atoms with E-state index >= 15 is 0 Å². The molecule has 0 radical (unpaired) electrons. The molecule has 0 aromatic rings. The van der Waals surface area contributed by atoms with Crippen molar-refractivity contribution >= 4 is 10.4 Å². The van der Waals surface area contributed by atoms with Gasteiger partial charge in [0, 0.05) is 0 Å². The van der Waals surface area contributed by atoms with Crippen molar-refractivity contribution in [3.63, 3.8) is 0 Å². The lowest BCUT2D eigenvalue weighted by atomic mass is 9.98. The maximum atomic E-state index is 10.5. The van der Waals surface area contributed by atoms with Gasteiger partial charge in [0.05, 0.1) is 6.10 Å². The average molecular weight is 238 g/mol. The molecule has 0 rings (SSSR count). The molecular weight excluding hydrogens is 216 g/mol. The Morgan fingerprint density at radius 1 is 1.20 bits per heavy atom. The Balaban J connectivity index is 3.74. The van der Waals surface area contributed by atoms with E-state index in [0.717, 1.165) is 12.8 Å². The molecule has 0 aliphatic carbocycles. The second-order valence-electron chi connectivity index (χ2n) is 4.06. The van der Waals surface area contributed by atoms with E-state index in [1.807, 2.05) is 6.92 Å². The second-order valence-corrected chi connectivity index (χ2v) is 5.10. The Bertz CT molecular complexity index is 248. The summed E-state index contributed by atoms with van der Waals surface area (Å²) in [6, 6.07) is 0. The Hall–Kier alpha value is -0.130. The maximum absolute atomic E-state index is 10.5. The lowest BCUT2D eigenvalue weighted by molar-refractivity contribution is 0.140. The quantitative estimate of drug-likeness (QED) is 0.521. The Labute approximate surface area is 93.0 Å². The molecule has 2 unspecified atom stereocenters. The van der Waals surface area contributed by atoms with Crippen molar-refractivity contribution < 1.29 is 17.2 Å². The normalized spacial score (nSPS) is 16.3. The molecule has 0 aliphatic rings. The van der Waals surface area contributed by atoms with Crippen molar-refractivity contribution in [2.24, 2.45) is 5.92 Å². The highest BCUT2D eigenvalue weighted by Crippen LogP contribution is 2.17. The van der Waals surface area contributed by atoms with Gasteiger partial charge < -0.3 is 0 Å². The molecule has 0 fully saturated rings. The molecule has 0 aromatic carbocycles. The molecule has 5 heteroatoms. The highest BCUT2D eigenvalue weighted by molar-refractivity contribution is 7.80. The minimum atomic E-state index is -4.30. The SMILES string of the molecule is CCCCCCC(C)C(C)OS(=O)(=O)O. The highest BCUT2D eigenvalue weighted by atomic mass is 32.3. The van der Waals surface area contributed by atoms with Gasteiger partial charge in [-0.3, -0.25) is 4.55 Å². The Morgan fingerprint density at radius 2 is 1.80 bits per heavy atom. The van der Waals surface area contributed by atoms with Crippen LogP contribution in [0.2, 0.25) is 0 Å². The van der Waals surface area contributed by atoms with Gasteiger partial charge in [-0.2, -0.15) is 8.42 Å². The van der Waals surface area contributed by atoms with E-state index < -0.39 is 16.5 Å². The van der Waals surface area contributed by atoms with Gasteiger partial charge in [-0.1, -0.05) is 39.5 Å². The fraction of sp³-hybridized carbons (Fsp3) is 1.00. The molecule has 0 spiro atoms. The predicted molar refractivity (Wildman–Crippen MR) is 60.0 cm³/mol. The molecule has 1 N–H and O–H groups in total. The van der Waals surface area contributed by atoms with Gasteiger partial charge in [0.2, 0.25) is 0 Å². The van der Waals surface area contributed by atoms with Crippen molar-refractivity contribution in [3.05, 3.63) is 0 Å². The second kappa shape index (κ2) is 7.19. The van der Waals surface area contributed by atoms with Crippen molar-refractivity contribution in [1.29, 1.82) is 0 Å². The summed E-state index contributed by atoms with van der Waals surface area (Å²) in [6.07, 6.45) is 5.11. The van der Waals surface area contributed by atoms with Gasteiger partial charge in [0.25, 0.3) is 0 Å². The third-order valence-electron chi connectivity index (χ3n) is 2.59. The molecular formula is C10H22O4S. The van der Waals surface area contributed by atoms with Crippen LogP contribution in [0.4, 0.5) is 0 Å². The minimum Gasteiger partial charge on any atom is -0.264 e. The summed E-state index contributed by atoms with van der Waals surface area (Å²) in [7, 11) is -4.30. The van der Waals surface area contributed by atoms with E-state index in [0.29, 0.717) is 0 Å². The number of unbranched alkanes of at least 4 members (excludes halogenated alkanes) is 3. The van der Waals surface area contributed by atoms with Gasteiger partial charge in [0.15, 0.2) is 0 Å². The maximum Gasteiger partial charge on any atom is 0.397 e. The largest absolute Gasteiger partial charge is 0.397 e. The van der Waals surface area contributed by atoms with Gasteiger partial charge >= 0.3 is 10.4 Å². The molecule has 4 nitrogen and oxygen atoms in total. The molecule has 15 heavy (non-hydrogen) atoms. The van der Waals surface area contributed by atoms with E-state index in [2.05, 4.69) is 11.1 Å². The summed E-state index contributed by atoms with van der Waals surface area (Å²) in [6.45, 7) is 5.74. The topological polar surface area (TPSA) is 63.6 Å². The van der Waals surface area contributed by atoms with E-state index in [-0.39, 0.29) is 5.92 Å². The van der Waals surface area contributed by atoms with Crippen LogP contribution in [0.5, 0.6) is 0 Å². The molecule has 0 aliphatic heterocycles. The van der Waals surface area contributed by atoms with Crippen LogP contribution in [-0.4, -0.2) is 19.1 Å². The zero-order valence-corrected chi connectivity index (χ0v) is 10.6. The molecule has 0 saturated heterocycles. The van der Waals surface area contributed by atoms with Crippen LogP contribution in [0.1, 0.15) is 52.9 Å². The first-order chi connectivity index (χ1) is 6.87. The molecule has 0 heterocycles. The minimum absolute atomic E-state index is 0.142. The summed E-state index contributed by atoms with van der Waals surface area (Å²) < 4.78 is 33.9. The van der Waals surface area contributed by atoms with Crippen molar-refractivity contribution in [3.8, 4) is 0 Å². The molecule has 0 aromatic heterocycles. The van der Waals surface area contributed by atoms with Gasteiger partial charge in [-0.25, -0.2) is 4.18 Å². The predicted octanol–water partition coefficient (Wildman–Crippen LogP) is 2.80. The van der Waals surface area contributed by atoms with Crippen LogP contribution < -0.4 is 0 Å². The van der Waals surface area contributed by atoms with Crippen LogP contribution in [0.3, 0.4) is 0 Å². The summed E-state index contributed by atoms with van der Waals surface area (Å²) in [5, 5.41) is 0. The molecule has 92 valence electrons. The van der Waals surface area contributed by atoms with E-state index in [4.69, 9.17) is 4.55 Å².